The van der Waals surface area contributed by atoms with Gasteiger partial charge in [0.25, 0.3) is 5.91 Å². The Balaban J connectivity index is 1.87. The standard InChI is InChI=1S/C32H43N3O6S/c1-7-40-29(37)19-26(23-13-9-8-10-14-23)34-20-28(36)35(21(2)3)25-17-16-22(18-24(25)30(34)38)12-11-15-27(42)33-31(39)41-32(4,5)6/h8-10,13-14,16-18,21,26-27,42H,7,11-12,15,19-20H2,1-6H3,(H,33,39). The lowest BCUT2D eigenvalue weighted by molar-refractivity contribution is -0.144. The first-order valence-electron chi connectivity index (χ1n) is 14.4. The van der Waals surface area contributed by atoms with E-state index in [2.05, 4.69) is 17.9 Å². The largest absolute Gasteiger partial charge is 0.466 e. The number of esters is 1. The summed E-state index contributed by atoms with van der Waals surface area (Å²) in [6, 6.07) is 14.0. The van der Waals surface area contributed by atoms with Gasteiger partial charge in [-0.15, -0.1) is 0 Å². The van der Waals surface area contributed by atoms with Gasteiger partial charge in [-0.05, 0) is 84.1 Å². The third-order valence-corrected chi connectivity index (χ3v) is 7.14. The van der Waals surface area contributed by atoms with Crippen LogP contribution in [0.25, 0.3) is 0 Å². The number of alkyl carbamates (subject to hydrolysis) is 1. The van der Waals surface area contributed by atoms with E-state index in [0.717, 1.165) is 11.1 Å². The second-order valence-corrected chi connectivity index (χ2v) is 12.3. The van der Waals surface area contributed by atoms with Crippen molar-refractivity contribution < 1.29 is 28.7 Å². The fourth-order valence-electron chi connectivity index (χ4n) is 5.00. The van der Waals surface area contributed by atoms with Crippen LogP contribution in [0.5, 0.6) is 0 Å². The number of hydrogen-bond acceptors (Lipinski definition) is 7. The monoisotopic (exact) mass is 597 g/mol. The fraction of sp³-hybridized carbons (Fsp3) is 0.500. The minimum Gasteiger partial charge on any atom is -0.466 e. The number of anilines is 1. The molecule has 228 valence electrons. The Morgan fingerprint density at radius 3 is 2.38 bits per heavy atom. The van der Waals surface area contributed by atoms with Crippen LogP contribution in [0.15, 0.2) is 48.5 Å². The van der Waals surface area contributed by atoms with E-state index in [4.69, 9.17) is 9.47 Å². The Bertz CT molecular complexity index is 1260. The molecule has 0 fully saturated rings. The quantitative estimate of drug-likeness (QED) is 0.196. The highest BCUT2D eigenvalue weighted by molar-refractivity contribution is 7.80. The predicted molar refractivity (Wildman–Crippen MR) is 166 cm³/mol. The number of rotatable bonds is 11. The molecule has 3 rings (SSSR count). The van der Waals surface area contributed by atoms with Crippen molar-refractivity contribution in [1.29, 1.82) is 0 Å². The van der Waals surface area contributed by atoms with Crippen LogP contribution in [-0.4, -0.2) is 58.9 Å². The molecule has 0 aliphatic carbocycles. The molecule has 42 heavy (non-hydrogen) atoms. The molecule has 0 radical (unpaired) electrons. The number of ether oxygens (including phenoxy) is 2. The lowest BCUT2D eigenvalue weighted by Crippen LogP contribution is -2.44. The SMILES string of the molecule is CCOC(=O)CC(c1ccccc1)N1CC(=O)N(C(C)C)c2ccc(CCCC(S)NC(=O)OC(C)(C)C)cc2C1=O. The van der Waals surface area contributed by atoms with E-state index in [1.54, 1.807) is 32.6 Å². The number of nitrogens with one attached hydrogen (secondary N) is 1. The number of amides is 3. The predicted octanol–water partition coefficient (Wildman–Crippen LogP) is 5.68. The molecule has 2 unspecified atom stereocenters. The molecule has 10 heteroatoms. The molecule has 2 aromatic carbocycles. The van der Waals surface area contributed by atoms with Crippen LogP contribution in [0, 0.1) is 0 Å². The summed E-state index contributed by atoms with van der Waals surface area (Å²) in [7, 11) is 0. The zero-order valence-corrected chi connectivity index (χ0v) is 26.3. The lowest BCUT2D eigenvalue weighted by Gasteiger charge is -2.31. The molecule has 2 aromatic rings. The van der Waals surface area contributed by atoms with Crippen LogP contribution in [0.3, 0.4) is 0 Å². The van der Waals surface area contributed by atoms with Gasteiger partial charge in [0.2, 0.25) is 5.91 Å². The highest BCUT2D eigenvalue weighted by atomic mass is 32.1. The number of fused-ring (bicyclic) bond motifs is 1. The number of hydrogen-bond donors (Lipinski definition) is 2. The average Bonchev–Trinajstić information content (AvgIpc) is 3.00. The first kappa shape index (κ1) is 33.0. The summed E-state index contributed by atoms with van der Waals surface area (Å²) in [5.74, 6) is -0.979. The van der Waals surface area contributed by atoms with Gasteiger partial charge >= 0.3 is 12.1 Å². The maximum Gasteiger partial charge on any atom is 0.408 e. The van der Waals surface area contributed by atoms with Gasteiger partial charge < -0.3 is 24.6 Å². The minimum atomic E-state index is -0.672. The molecule has 3 amide bonds. The highest BCUT2D eigenvalue weighted by Gasteiger charge is 2.37. The van der Waals surface area contributed by atoms with Crippen molar-refractivity contribution in [2.24, 2.45) is 0 Å². The second-order valence-electron chi connectivity index (χ2n) is 11.6. The summed E-state index contributed by atoms with van der Waals surface area (Å²) >= 11 is 4.47. The molecule has 0 spiro atoms. The summed E-state index contributed by atoms with van der Waals surface area (Å²) in [4.78, 5) is 55.6. The molecule has 1 aliphatic heterocycles. The van der Waals surface area contributed by atoms with Crippen molar-refractivity contribution in [3.05, 3.63) is 65.2 Å². The summed E-state index contributed by atoms with van der Waals surface area (Å²) in [6.45, 7) is 11.0. The van der Waals surface area contributed by atoms with Crippen molar-refractivity contribution >= 4 is 42.2 Å². The number of aryl methyl sites for hydroxylation is 1. The van der Waals surface area contributed by atoms with Crippen LogP contribution in [0.4, 0.5) is 10.5 Å². The second kappa shape index (κ2) is 14.6. The van der Waals surface area contributed by atoms with Crippen LogP contribution >= 0.6 is 12.6 Å². The highest BCUT2D eigenvalue weighted by Crippen LogP contribution is 2.34. The van der Waals surface area contributed by atoms with Gasteiger partial charge in [0.15, 0.2) is 0 Å². The topological polar surface area (TPSA) is 105 Å². The van der Waals surface area contributed by atoms with Crippen LogP contribution in [0.2, 0.25) is 0 Å². The Morgan fingerprint density at radius 1 is 1.07 bits per heavy atom. The molecule has 0 aromatic heterocycles. The van der Waals surface area contributed by atoms with Crippen molar-refractivity contribution in [3.8, 4) is 0 Å². The molecule has 1 aliphatic rings. The number of carbonyl (C=O) groups excluding carboxylic acids is 4. The van der Waals surface area contributed by atoms with E-state index in [0.29, 0.717) is 30.5 Å². The van der Waals surface area contributed by atoms with Crippen molar-refractivity contribution in [2.45, 2.75) is 90.3 Å². The Hall–Kier alpha value is -3.53. The van der Waals surface area contributed by atoms with E-state index in [9.17, 15) is 19.2 Å². The van der Waals surface area contributed by atoms with E-state index in [1.165, 1.54) is 4.90 Å². The van der Waals surface area contributed by atoms with Gasteiger partial charge in [0.05, 0.1) is 35.7 Å². The molecule has 1 heterocycles. The number of thiol groups is 1. The Morgan fingerprint density at radius 2 is 1.76 bits per heavy atom. The van der Waals surface area contributed by atoms with Crippen molar-refractivity contribution in [1.82, 2.24) is 10.2 Å². The van der Waals surface area contributed by atoms with Gasteiger partial charge in [-0.2, -0.15) is 12.6 Å². The van der Waals surface area contributed by atoms with E-state index in [-0.39, 0.29) is 42.8 Å². The summed E-state index contributed by atoms with van der Waals surface area (Å²) in [5, 5.41) is 2.34. The normalized spacial score (nSPS) is 15.1. The number of nitrogens with zero attached hydrogens (tertiary/aromatic N) is 2. The molecular formula is C32H43N3O6S. The van der Waals surface area contributed by atoms with Crippen LogP contribution in [0.1, 0.15) is 88.3 Å². The van der Waals surface area contributed by atoms with Crippen LogP contribution < -0.4 is 10.2 Å². The smallest absolute Gasteiger partial charge is 0.408 e. The summed E-state index contributed by atoms with van der Waals surface area (Å²) in [6.07, 6.45) is 1.33. The lowest BCUT2D eigenvalue weighted by atomic mass is 9.99. The number of carbonyl (C=O) groups is 4. The maximum atomic E-state index is 14.2. The van der Waals surface area contributed by atoms with E-state index in [1.807, 2.05) is 62.4 Å². The molecule has 9 nitrogen and oxygen atoms in total. The van der Waals surface area contributed by atoms with Crippen LogP contribution in [-0.2, 0) is 25.5 Å². The first-order chi connectivity index (χ1) is 19.8. The third kappa shape index (κ3) is 8.98. The van der Waals surface area contributed by atoms with Gasteiger partial charge in [-0.3, -0.25) is 14.4 Å². The number of benzene rings is 2. The van der Waals surface area contributed by atoms with Gasteiger partial charge in [0, 0.05) is 6.04 Å². The van der Waals surface area contributed by atoms with Gasteiger partial charge in [-0.25, -0.2) is 4.79 Å². The van der Waals surface area contributed by atoms with Crippen molar-refractivity contribution in [3.63, 3.8) is 0 Å². The maximum absolute atomic E-state index is 14.2. The average molecular weight is 598 g/mol. The molecule has 0 saturated heterocycles. The summed E-state index contributed by atoms with van der Waals surface area (Å²) < 4.78 is 10.5. The molecule has 1 N–H and O–H groups in total. The Kier molecular flexibility index (Phi) is 11.4. The van der Waals surface area contributed by atoms with E-state index < -0.39 is 23.7 Å². The third-order valence-electron chi connectivity index (χ3n) is 6.75. The zero-order chi connectivity index (χ0) is 31.0. The first-order valence-corrected chi connectivity index (χ1v) is 15.0. The van der Waals surface area contributed by atoms with Gasteiger partial charge in [0.1, 0.15) is 12.1 Å². The van der Waals surface area contributed by atoms with E-state index >= 15 is 0 Å². The fourth-order valence-corrected chi connectivity index (χ4v) is 5.28. The molecular weight excluding hydrogens is 554 g/mol. The van der Waals surface area contributed by atoms with Gasteiger partial charge in [-0.1, -0.05) is 36.4 Å². The molecule has 0 saturated carbocycles. The molecule has 0 bridgehead atoms. The zero-order valence-electron chi connectivity index (χ0n) is 25.4. The minimum absolute atomic E-state index is 0.0679. The summed E-state index contributed by atoms with van der Waals surface area (Å²) in [5.41, 5.74) is 2.03. The Labute approximate surface area is 254 Å². The molecule has 2 atom stereocenters. The van der Waals surface area contributed by atoms with Crippen molar-refractivity contribution in [2.75, 3.05) is 18.1 Å².